The second kappa shape index (κ2) is 7.32. The van der Waals surface area contributed by atoms with Gasteiger partial charge in [-0.25, -0.2) is 0 Å². The van der Waals surface area contributed by atoms with E-state index in [0.29, 0.717) is 15.1 Å². The van der Waals surface area contributed by atoms with Crippen molar-refractivity contribution in [3.63, 3.8) is 0 Å². The Morgan fingerprint density at radius 3 is 2.23 bits per heavy atom. The van der Waals surface area contributed by atoms with Crippen LogP contribution in [0.25, 0.3) is 0 Å². The van der Waals surface area contributed by atoms with E-state index in [-0.39, 0.29) is 6.04 Å². The van der Waals surface area contributed by atoms with Gasteiger partial charge in [0.1, 0.15) is 0 Å². The SMILES string of the molecule is Clc1ccc(C2=NN(c3ccccc3)[C@@H](c3ccc(Cl)c(Cl)c3)C2)cc1. The van der Waals surface area contributed by atoms with Gasteiger partial charge in [0.25, 0.3) is 0 Å². The van der Waals surface area contributed by atoms with Crippen molar-refractivity contribution in [2.75, 3.05) is 5.01 Å². The number of hydrogen-bond acceptors (Lipinski definition) is 2. The summed E-state index contributed by atoms with van der Waals surface area (Å²) in [6, 6.07) is 23.7. The highest BCUT2D eigenvalue weighted by Crippen LogP contribution is 2.38. The quantitative estimate of drug-likeness (QED) is 0.461. The van der Waals surface area contributed by atoms with Crippen LogP contribution in [0.5, 0.6) is 0 Å². The first-order chi connectivity index (χ1) is 12.6. The van der Waals surface area contributed by atoms with Gasteiger partial charge in [0.15, 0.2) is 0 Å². The third-order valence-electron chi connectivity index (χ3n) is 4.44. The van der Waals surface area contributed by atoms with Gasteiger partial charge in [0.2, 0.25) is 0 Å². The monoisotopic (exact) mass is 400 g/mol. The topological polar surface area (TPSA) is 15.6 Å². The maximum absolute atomic E-state index is 6.25. The number of anilines is 1. The molecule has 26 heavy (non-hydrogen) atoms. The number of benzene rings is 3. The summed E-state index contributed by atoms with van der Waals surface area (Å²) in [5.41, 5.74) is 4.20. The summed E-state index contributed by atoms with van der Waals surface area (Å²) in [6.07, 6.45) is 0.772. The maximum atomic E-state index is 6.25. The summed E-state index contributed by atoms with van der Waals surface area (Å²) in [5, 5.41) is 8.77. The molecule has 1 aliphatic heterocycles. The van der Waals surface area contributed by atoms with Crippen molar-refractivity contribution in [1.82, 2.24) is 0 Å². The number of hydrogen-bond donors (Lipinski definition) is 0. The van der Waals surface area contributed by atoms with Crippen LogP contribution in [0.15, 0.2) is 77.9 Å². The van der Waals surface area contributed by atoms with Crippen LogP contribution in [0.1, 0.15) is 23.6 Å². The number of halogens is 3. The molecule has 130 valence electrons. The largest absolute Gasteiger partial charge is 0.257 e. The smallest absolute Gasteiger partial charge is 0.0832 e. The summed E-state index contributed by atoms with van der Waals surface area (Å²) in [7, 11) is 0. The molecule has 0 radical (unpaired) electrons. The lowest BCUT2D eigenvalue weighted by Crippen LogP contribution is -2.18. The Labute approximate surface area is 167 Å². The Bertz CT molecular complexity index is 953. The molecule has 1 heterocycles. The zero-order valence-electron chi connectivity index (χ0n) is 13.7. The molecule has 3 aromatic carbocycles. The summed E-state index contributed by atoms with van der Waals surface area (Å²) in [5.74, 6) is 0. The summed E-state index contributed by atoms with van der Waals surface area (Å²) < 4.78 is 0. The molecule has 1 aliphatic rings. The Morgan fingerprint density at radius 2 is 1.54 bits per heavy atom. The molecular weight excluding hydrogens is 387 g/mol. The second-order valence-corrected chi connectivity index (χ2v) is 7.38. The fourth-order valence-corrected chi connectivity index (χ4v) is 3.56. The molecule has 0 saturated carbocycles. The van der Waals surface area contributed by atoms with Crippen LogP contribution in [0, 0.1) is 0 Å². The van der Waals surface area contributed by atoms with E-state index < -0.39 is 0 Å². The molecule has 1 atom stereocenters. The van der Waals surface area contributed by atoms with Crippen LogP contribution in [-0.4, -0.2) is 5.71 Å². The zero-order chi connectivity index (χ0) is 18.1. The number of rotatable bonds is 3. The molecule has 5 heteroatoms. The van der Waals surface area contributed by atoms with Gasteiger partial charge in [-0.05, 0) is 47.5 Å². The summed E-state index contributed by atoms with van der Waals surface area (Å²) in [4.78, 5) is 0. The Hall–Kier alpha value is -2.00. The third-order valence-corrected chi connectivity index (χ3v) is 5.43. The van der Waals surface area contributed by atoms with Crippen LogP contribution >= 0.6 is 34.8 Å². The van der Waals surface area contributed by atoms with Gasteiger partial charge in [-0.15, -0.1) is 0 Å². The van der Waals surface area contributed by atoms with Crippen molar-refractivity contribution < 1.29 is 0 Å². The van der Waals surface area contributed by atoms with Crippen LogP contribution in [0.4, 0.5) is 5.69 Å². The molecule has 4 rings (SSSR count). The molecule has 0 amide bonds. The fraction of sp³-hybridized carbons (Fsp3) is 0.0952. The minimum Gasteiger partial charge on any atom is -0.257 e. The van der Waals surface area contributed by atoms with Crippen LogP contribution in [0.2, 0.25) is 15.1 Å². The molecular formula is C21H15Cl3N2. The average Bonchev–Trinajstić information content (AvgIpc) is 3.11. The predicted molar refractivity (Wildman–Crippen MR) is 111 cm³/mol. The van der Waals surface area contributed by atoms with Gasteiger partial charge < -0.3 is 0 Å². The Kier molecular flexibility index (Phi) is 4.90. The van der Waals surface area contributed by atoms with E-state index >= 15 is 0 Å². The Balaban J connectivity index is 1.75. The molecule has 0 saturated heterocycles. The lowest BCUT2D eigenvalue weighted by Gasteiger charge is -2.24. The van der Waals surface area contributed by atoms with Gasteiger partial charge in [0.05, 0.1) is 27.5 Å². The minimum absolute atomic E-state index is 0.0536. The maximum Gasteiger partial charge on any atom is 0.0832 e. The van der Waals surface area contributed by atoms with Crippen molar-refractivity contribution in [3.8, 4) is 0 Å². The minimum atomic E-state index is 0.0536. The fourth-order valence-electron chi connectivity index (χ4n) is 3.13. The van der Waals surface area contributed by atoms with E-state index in [4.69, 9.17) is 39.9 Å². The first-order valence-corrected chi connectivity index (χ1v) is 9.38. The number of hydrazone groups is 1. The standard InChI is InChI=1S/C21H15Cl3N2/c22-16-9-6-14(7-10-16)20-13-21(15-8-11-18(23)19(24)12-15)26(25-20)17-4-2-1-3-5-17/h1-12,21H,13H2/t21-/m1/s1. The van der Waals surface area contributed by atoms with Crippen LogP contribution in [0.3, 0.4) is 0 Å². The normalized spacial score (nSPS) is 16.7. The van der Waals surface area contributed by atoms with E-state index in [9.17, 15) is 0 Å². The molecule has 0 fully saturated rings. The lowest BCUT2D eigenvalue weighted by molar-refractivity contribution is 0.709. The van der Waals surface area contributed by atoms with Crippen LogP contribution < -0.4 is 5.01 Å². The van der Waals surface area contributed by atoms with Crippen LogP contribution in [-0.2, 0) is 0 Å². The number of nitrogens with zero attached hydrogens (tertiary/aromatic N) is 2. The first kappa shape index (κ1) is 17.4. The van der Waals surface area contributed by atoms with Crippen molar-refractivity contribution >= 4 is 46.2 Å². The molecule has 0 spiro atoms. The molecule has 0 aliphatic carbocycles. The van der Waals surface area contributed by atoms with Crippen molar-refractivity contribution in [2.45, 2.75) is 12.5 Å². The highest BCUT2D eigenvalue weighted by Gasteiger charge is 2.30. The van der Waals surface area contributed by atoms with E-state index in [1.54, 1.807) is 0 Å². The lowest BCUT2D eigenvalue weighted by atomic mass is 9.98. The second-order valence-electron chi connectivity index (χ2n) is 6.13. The summed E-state index contributed by atoms with van der Waals surface area (Å²) >= 11 is 18.4. The van der Waals surface area contributed by atoms with Crippen molar-refractivity contribution in [1.29, 1.82) is 0 Å². The number of para-hydroxylation sites is 1. The molecule has 0 bridgehead atoms. The molecule has 0 unspecified atom stereocenters. The molecule has 0 aromatic heterocycles. The summed E-state index contributed by atoms with van der Waals surface area (Å²) in [6.45, 7) is 0. The zero-order valence-corrected chi connectivity index (χ0v) is 16.0. The van der Waals surface area contributed by atoms with E-state index in [1.165, 1.54) is 0 Å². The highest BCUT2D eigenvalue weighted by atomic mass is 35.5. The van der Waals surface area contributed by atoms with Crippen molar-refractivity contribution in [3.05, 3.63) is 99.0 Å². The van der Waals surface area contributed by atoms with E-state index in [2.05, 4.69) is 12.1 Å². The third kappa shape index (κ3) is 3.45. The van der Waals surface area contributed by atoms with Gasteiger partial charge >= 0.3 is 0 Å². The van der Waals surface area contributed by atoms with Gasteiger partial charge in [-0.2, -0.15) is 5.10 Å². The highest BCUT2D eigenvalue weighted by molar-refractivity contribution is 6.42. The first-order valence-electron chi connectivity index (χ1n) is 8.24. The van der Waals surface area contributed by atoms with E-state index in [0.717, 1.165) is 28.9 Å². The molecule has 2 nitrogen and oxygen atoms in total. The van der Waals surface area contributed by atoms with Gasteiger partial charge in [0, 0.05) is 11.4 Å². The Morgan fingerprint density at radius 1 is 0.808 bits per heavy atom. The van der Waals surface area contributed by atoms with Crippen molar-refractivity contribution in [2.24, 2.45) is 5.10 Å². The molecule has 3 aromatic rings. The average molecular weight is 402 g/mol. The van der Waals surface area contributed by atoms with Gasteiger partial charge in [-0.3, -0.25) is 5.01 Å². The predicted octanol–water partition coefficient (Wildman–Crippen LogP) is 7.00. The van der Waals surface area contributed by atoms with E-state index in [1.807, 2.05) is 65.7 Å². The van der Waals surface area contributed by atoms with Gasteiger partial charge in [-0.1, -0.05) is 71.2 Å². The molecule has 0 N–H and O–H groups in total.